The van der Waals surface area contributed by atoms with E-state index in [4.69, 9.17) is 21.8 Å². The normalized spacial score (nSPS) is 11.5. The van der Waals surface area contributed by atoms with E-state index < -0.39 is 6.04 Å². The van der Waals surface area contributed by atoms with Gasteiger partial charge in [-0.3, -0.25) is 9.59 Å². The quantitative estimate of drug-likeness (QED) is 0.261. The molecule has 1 atom stereocenters. The van der Waals surface area contributed by atoms with Crippen molar-refractivity contribution in [3.63, 3.8) is 0 Å². The Hall–Kier alpha value is -3.16. The van der Waals surface area contributed by atoms with Gasteiger partial charge in [-0.15, -0.1) is 12.4 Å². The molecule has 0 aliphatic carbocycles. The minimum atomic E-state index is -0.477. The average molecular weight is 572 g/mol. The lowest BCUT2D eigenvalue weighted by molar-refractivity contribution is 0.0587. The largest absolute Gasteiger partial charge is 0.458 e. The maximum absolute atomic E-state index is 13.9. The summed E-state index contributed by atoms with van der Waals surface area (Å²) in [7, 11) is 0. The Kier molecular flexibility index (Phi) is 11.7. The number of benzene rings is 3. The summed E-state index contributed by atoms with van der Waals surface area (Å²) in [6.07, 6.45) is 1.02. The van der Waals surface area contributed by atoms with E-state index in [0.29, 0.717) is 58.8 Å². The van der Waals surface area contributed by atoms with Crippen LogP contribution in [0.5, 0.6) is 0 Å². The predicted molar refractivity (Wildman–Crippen MR) is 161 cm³/mol. The maximum atomic E-state index is 13.9. The van der Waals surface area contributed by atoms with Crippen LogP contribution in [0.15, 0.2) is 82.0 Å². The van der Waals surface area contributed by atoms with Crippen LogP contribution in [-0.4, -0.2) is 29.4 Å². The summed E-state index contributed by atoms with van der Waals surface area (Å²) in [5.41, 5.74) is 9.38. The summed E-state index contributed by atoms with van der Waals surface area (Å²) in [4.78, 5) is 29.6. The third kappa shape index (κ3) is 7.28. The van der Waals surface area contributed by atoms with Crippen molar-refractivity contribution < 1.29 is 14.7 Å². The molecule has 0 fully saturated rings. The van der Waals surface area contributed by atoms with Crippen LogP contribution in [0.3, 0.4) is 0 Å². The molecule has 3 aromatic carbocycles. The number of nitrogens with zero attached hydrogens (tertiary/aromatic N) is 1. The van der Waals surface area contributed by atoms with Crippen LogP contribution >= 0.6 is 24.0 Å². The van der Waals surface area contributed by atoms with Crippen molar-refractivity contribution in [1.82, 2.24) is 4.90 Å². The number of rotatable bonds is 9. The molecule has 0 spiro atoms. The van der Waals surface area contributed by atoms with E-state index in [0.717, 1.165) is 11.1 Å². The fraction of sp³-hybridized carbons (Fsp3) is 0.290. The van der Waals surface area contributed by atoms with Crippen molar-refractivity contribution in [2.45, 2.75) is 39.7 Å². The van der Waals surface area contributed by atoms with Gasteiger partial charge in [-0.1, -0.05) is 73.5 Å². The Morgan fingerprint density at radius 1 is 1.03 bits per heavy atom. The van der Waals surface area contributed by atoms with Crippen molar-refractivity contribution in [3.8, 4) is 0 Å². The highest BCUT2D eigenvalue weighted by Gasteiger charge is 2.33. The van der Waals surface area contributed by atoms with Gasteiger partial charge in [0.2, 0.25) is 0 Å². The second-order valence-corrected chi connectivity index (χ2v) is 10.2. The molecule has 1 amide bonds. The van der Waals surface area contributed by atoms with E-state index in [1.807, 2.05) is 80.3 Å². The fourth-order valence-corrected chi connectivity index (χ4v) is 4.89. The summed E-state index contributed by atoms with van der Waals surface area (Å²) in [6.45, 7) is 6.95. The SMILES string of the molecule is Cc1ccc(C(=O)N(CCCN)C(c2oc3cc(Cl)ccc3c(=O)c2Cc2ccccc2)C(C)C)cc1.Cl.O. The zero-order valence-corrected chi connectivity index (χ0v) is 24.0. The molecule has 39 heavy (non-hydrogen) atoms. The minimum absolute atomic E-state index is 0. The molecule has 0 aliphatic rings. The first-order valence-electron chi connectivity index (χ1n) is 12.7. The molecule has 4 aromatic rings. The van der Waals surface area contributed by atoms with E-state index >= 15 is 0 Å². The lowest BCUT2D eigenvalue weighted by Crippen LogP contribution is -2.40. The number of carbonyl (C=O) groups is 1. The number of halogens is 2. The lowest BCUT2D eigenvalue weighted by Gasteiger charge is -2.35. The summed E-state index contributed by atoms with van der Waals surface area (Å²) >= 11 is 6.27. The number of carbonyl (C=O) groups excluding carboxylic acids is 1. The molecule has 1 heterocycles. The van der Waals surface area contributed by atoms with Gasteiger partial charge in [0, 0.05) is 35.2 Å². The number of nitrogens with two attached hydrogens (primary N) is 1. The van der Waals surface area contributed by atoms with Gasteiger partial charge in [0.05, 0.1) is 11.4 Å². The summed E-state index contributed by atoms with van der Waals surface area (Å²) in [6, 6.07) is 21.9. The van der Waals surface area contributed by atoms with E-state index in [1.165, 1.54) is 0 Å². The summed E-state index contributed by atoms with van der Waals surface area (Å²) in [5, 5.41) is 0.953. The number of aryl methyl sites for hydroxylation is 1. The average Bonchev–Trinajstić information content (AvgIpc) is 2.88. The molecule has 1 aromatic heterocycles. The number of hydrogen-bond acceptors (Lipinski definition) is 4. The molecular formula is C31H36Cl2N2O4. The zero-order valence-electron chi connectivity index (χ0n) is 22.4. The summed E-state index contributed by atoms with van der Waals surface area (Å²) in [5.74, 6) is 0.337. The molecule has 0 aliphatic heterocycles. The molecule has 0 saturated carbocycles. The highest BCUT2D eigenvalue weighted by molar-refractivity contribution is 6.31. The molecule has 6 nitrogen and oxygen atoms in total. The van der Waals surface area contributed by atoms with Crippen LogP contribution in [0.2, 0.25) is 5.02 Å². The lowest BCUT2D eigenvalue weighted by atomic mass is 9.91. The third-order valence-electron chi connectivity index (χ3n) is 6.60. The molecule has 208 valence electrons. The maximum Gasteiger partial charge on any atom is 0.254 e. The Morgan fingerprint density at radius 2 is 1.69 bits per heavy atom. The van der Waals surface area contributed by atoms with E-state index in [2.05, 4.69) is 0 Å². The van der Waals surface area contributed by atoms with Gasteiger partial charge in [-0.2, -0.15) is 0 Å². The second-order valence-electron chi connectivity index (χ2n) is 9.77. The van der Waals surface area contributed by atoms with Crippen molar-refractivity contribution >= 4 is 40.9 Å². The van der Waals surface area contributed by atoms with Crippen molar-refractivity contribution in [1.29, 1.82) is 0 Å². The van der Waals surface area contributed by atoms with Gasteiger partial charge >= 0.3 is 0 Å². The number of hydrogen-bond donors (Lipinski definition) is 1. The van der Waals surface area contributed by atoms with E-state index in [9.17, 15) is 9.59 Å². The minimum Gasteiger partial charge on any atom is -0.458 e. The van der Waals surface area contributed by atoms with Crippen molar-refractivity contribution in [2.24, 2.45) is 11.7 Å². The smallest absolute Gasteiger partial charge is 0.254 e. The van der Waals surface area contributed by atoms with Crippen molar-refractivity contribution in [3.05, 3.63) is 116 Å². The fourth-order valence-electron chi connectivity index (χ4n) is 4.72. The first-order valence-corrected chi connectivity index (χ1v) is 13.0. The van der Waals surface area contributed by atoms with Gasteiger partial charge in [-0.05, 0) is 55.6 Å². The number of amides is 1. The van der Waals surface area contributed by atoms with Gasteiger partial charge in [0.15, 0.2) is 5.43 Å². The van der Waals surface area contributed by atoms with E-state index in [1.54, 1.807) is 18.2 Å². The topological polar surface area (TPSA) is 108 Å². The van der Waals surface area contributed by atoms with E-state index in [-0.39, 0.29) is 35.1 Å². The first-order chi connectivity index (χ1) is 17.8. The summed E-state index contributed by atoms with van der Waals surface area (Å²) < 4.78 is 6.51. The standard InChI is InChI=1S/C31H33ClN2O3.ClH.H2O/c1-20(2)28(34(17-7-16-33)31(36)23-12-10-21(3)11-13-23)30-26(18-22-8-5-4-6-9-22)29(35)25-15-14-24(32)19-27(25)37-30;;/h4-6,8-15,19-20,28H,7,16-18,33H2,1-3H3;1H;1H2. The Balaban J connectivity index is 0.00000267. The van der Waals surface area contributed by atoms with Gasteiger partial charge in [-0.25, -0.2) is 0 Å². The van der Waals surface area contributed by atoms with Crippen LogP contribution < -0.4 is 11.2 Å². The van der Waals surface area contributed by atoms with Crippen LogP contribution in [0.25, 0.3) is 11.0 Å². The predicted octanol–water partition coefficient (Wildman–Crippen LogP) is 6.13. The molecule has 1 unspecified atom stereocenters. The van der Waals surface area contributed by atoms with Crippen LogP contribution in [-0.2, 0) is 6.42 Å². The van der Waals surface area contributed by atoms with Crippen LogP contribution in [0.1, 0.15) is 59.1 Å². The molecular weight excluding hydrogens is 535 g/mol. The molecule has 0 saturated heterocycles. The Bertz CT molecular complexity index is 1440. The van der Waals surface area contributed by atoms with Crippen molar-refractivity contribution in [2.75, 3.05) is 13.1 Å². The number of fused-ring (bicyclic) bond motifs is 1. The molecule has 4 rings (SSSR count). The third-order valence-corrected chi connectivity index (χ3v) is 6.84. The zero-order chi connectivity index (χ0) is 26.5. The van der Waals surface area contributed by atoms with Gasteiger partial charge in [0.25, 0.3) is 5.91 Å². The second kappa shape index (κ2) is 14.3. The molecule has 8 heteroatoms. The molecule has 0 radical (unpaired) electrons. The van der Waals surface area contributed by atoms with Gasteiger partial charge < -0.3 is 20.5 Å². The Labute approximate surface area is 240 Å². The van der Waals surface area contributed by atoms with Gasteiger partial charge in [0.1, 0.15) is 11.3 Å². The highest BCUT2D eigenvalue weighted by Crippen LogP contribution is 2.35. The van der Waals surface area contributed by atoms with Crippen LogP contribution in [0.4, 0.5) is 0 Å². The first kappa shape index (κ1) is 32.1. The van der Waals surface area contributed by atoms with Crippen LogP contribution in [0, 0.1) is 12.8 Å². The molecule has 0 bridgehead atoms. The Morgan fingerprint density at radius 3 is 2.31 bits per heavy atom. The highest BCUT2D eigenvalue weighted by atomic mass is 35.5. The monoisotopic (exact) mass is 570 g/mol. The molecule has 4 N–H and O–H groups in total.